The van der Waals surface area contributed by atoms with E-state index in [1.54, 1.807) is 11.0 Å². The zero-order valence-corrected chi connectivity index (χ0v) is 14.5. The summed E-state index contributed by atoms with van der Waals surface area (Å²) in [6.07, 6.45) is 4.27. The molecule has 1 aromatic heterocycles. The Balaban J connectivity index is 1.47. The minimum absolute atomic E-state index is 0.0899. The van der Waals surface area contributed by atoms with Crippen LogP contribution in [0.25, 0.3) is 5.69 Å². The van der Waals surface area contributed by atoms with Gasteiger partial charge in [0.1, 0.15) is 12.7 Å². The third-order valence-electron chi connectivity index (χ3n) is 4.45. The minimum Gasteiger partial charge on any atom is -0.372 e. The number of fused-ring (bicyclic) bond motifs is 1. The molecule has 1 unspecified atom stereocenters. The Hall–Kier alpha value is -2.21. The second kappa shape index (κ2) is 7.35. The van der Waals surface area contributed by atoms with Crippen LogP contribution in [0.15, 0.2) is 55.1 Å². The molecule has 0 fully saturated rings. The van der Waals surface area contributed by atoms with Crippen LogP contribution in [0, 0.1) is 0 Å². The van der Waals surface area contributed by atoms with E-state index in [0.29, 0.717) is 11.6 Å². The van der Waals surface area contributed by atoms with Crippen molar-refractivity contribution in [3.8, 4) is 5.69 Å². The van der Waals surface area contributed by atoms with Crippen LogP contribution < -0.4 is 5.32 Å². The van der Waals surface area contributed by atoms with Crippen molar-refractivity contribution in [1.29, 1.82) is 0 Å². The number of benzene rings is 2. The smallest absolute Gasteiger partial charge is 0.138 e. The van der Waals surface area contributed by atoms with Gasteiger partial charge in [-0.05, 0) is 35.2 Å². The summed E-state index contributed by atoms with van der Waals surface area (Å²) in [5.41, 5.74) is 4.71. The molecule has 6 heteroatoms. The Labute approximate surface area is 151 Å². The van der Waals surface area contributed by atoms with Gasteiger partial charge in [0, 0.05) is 18.1 Å². The number of nitrogens with one attached hydrogen (secondary N) is 1. The maximum Gasteiger partial charge on any atom is 0.138 e. The highest BCUT2D eigenvalue weighted by Gasteiger charge is 2.20. The van der Waals surface area contributed by atoms with E-state index in [1.807, 2.05) is 18.2 Å². The van der Waals surface area contributed by atoms with Gasteiger partial charge in [-0.25, -0.2) is 9.67 Å². The van der Waals surface area contributed by atoms with Crippen molar-refractivity contribution in [3.63, 3.8) is 0 Å². The summed E-state index contributed by atoms with van der Waals surface area (Å²) in [4.78, 5) is 4.02. The van der Waals surface area contributed by atoms with Gasteiger partial charge in [-0.3, -0.25) is 0 Å². The summed E-state index contributed by atoms with van der Waals surface area (Å²) in [7, 11) is 0. The van der Waals surface area contributed by atoms with Gasteiger partial charge in [0.25, 0.3) is 0 Å². The van der Waals surface area contributed by atoms with Crippen LogP contribution in [0.1, 0.15) is 22.8 Å². The fraction of sp³-hybridized carbons (Fsp3) is 0.263. The van der Waals surface area contributed by atoms with Crippen molar-refractivity contribution in [2.24, 2.45) is 0 Å². The number of ether oxygens (including phenoxy) is 1. The van der Waals surface area contributed by atoms with Crippen molar-refractivity contribution < 1.29 is 4.74 Å². The van der Waals surface area contributed by atoms with Gasteiger partial charge >= 0.3 is 0 Å². The zero-order valence-electron chi connectivity index (χ0n) is 13.7. The van der Waals surface area contributed by atoms with Gasteiger partial charge in [-0.1, -0.05) is 41.9 Å². The van der Waals surface area contributed by atoms with Crippen LogP contribution in [0.4, 0.5) is 0 Å². The van der Waals surface area contributed by atoms with Gasteiger partial charge < -0.3 is 10.1 Å². The third kappa shape index (κ3) is 3.58. The highest BCUT2D eigenvalue weighted by Crippen LogP contribution is 2.26. The zero-order chi connectivity index (χ0) is 17.1. The summed E-state index contributed by atoms with van der Waals surface area (Å²) in [6.45, 7) is 2.24. The molecular formula is C19H19ClN4O. The SMILES string of the molecule is Clc1ccc(CNCC2OCCc3ccccc32)c(-n2cncn2)c1. The van der Waals surface area contributed by atoms with Gasteiger partial charge in [-0.2, -0.15) is 5.10 Å². The third-order valence-corrected chi connectivity index (χ3v) is 4.69. The Kier molecular flexibility index (Phi) is 4.78. The van der Waals surface area contributed by atoms with Crippen molar-refractivity contribution >= 4 is 11.6 Å². The summed E-state index contributed by atoms with van der Waals surface area (Å²) < 4.78 is 7.68. The number of hydrogen-bond acceptors (Lipinski definition) is 4. The Bertz CT molecular complexity index is 850. The van der Waals surface area contributed by atoms with E-state index in [1.165, 1.54) is 17.5 Å². The molecule has 128 valence electrons. The van der Waals surface area contributed by atoms with E-state index in [2.05, 4.69) is 39.7 Å². The largest absolute Gasteiger partial charge is 0.372 e. The predicted molar refractivity (Wildman–Crippen MR) is 96.9 cm³/mol. The Morgan fingerprint density at radius 3 is 3.04 bits per heavy atom. The monoisotopic (exact) mass is 354 g/mol. The van der Waals surface area contributed by atoms with E-state index in [4.69, 9.17) is 16.3 Å². The first kappa shape index (κ1) is 16.3. The van der Waals surface area contributed by atoms with Gasteiger partial charge in [0.05, 0.1) is 18.4 Å². The van der Waals surface area contributed by atoms with Gasteiger partial charge in [0.2, 0.25) is 0 Å². The standard InChI is InChI=1S/C19H19ClN4O/c20-16-6-5-15(18(9-16)24-13-22-12-23-24)10-21-11-19-17-4-2-1-3-14(17)7-8-25-19/h1-6,9,12-13,19,21H,7-8,10-11H2. The van der Waals surface area contributed by atoms with E-state index in [-0.39, 0.29) is 6.10 Å². The Morgan fingerprint density at radius 1 is 1.24 bits per heavy atom. The van der Waals surface area contributed by atoms with E-state index in [0.717, 1.165) is 30.8 Å². The minimum atomic E-state index is 0.0899. The van der Waals surface area contributed by atoms with Crippen LogP contribution in [0.2, 0.25) is 5.02 Å². The molecule has 25 heavy (non-hydrogen) atoms. The molecule has 0 saturated heterocycles. The molecule has 0 radical (unpaired) electrons. The van der Waals surface area contributed by atoms with Crippen LogP contribution in [0.5, 0.6) is 0 Å². The van der Waals surface area contributed by atoms with E-state index < -0.39 is 0 Å². The highest BCUT2D eigenvalue weighted by atomic mass is 35.5. The molecule has 1 N–H and O–H groups in total. The van der Waals surface area contributed by atoms with Crippen molar-refractivity contribution in [2.75, 3.05) is 13.2 Å². The van der Waals surface area contributed by atoms with Gasteiger partial charge in [0.15, 0.2) is 0 Å². The number of nitrogens with zero attached hydrogens (tertiary/aromatic N) is 3. The molecule has 0 spiro atoms. The summed E-state index contributed by atoms with van der Waals surface area (Å²) in [5.74, 6) is 0. The number of rotatable bonds is 5. The molecule has 0 amide bonds. The number of hydrogen-bond donors (Lipinski definition) is 1. The molecule has 2 heterocycles. The highest BCUT2D eigenvalue weighted by molar-refractivity contribution is 6.30. The lowest BCUT2D eigenvalue weighted by atomic mass is 9.97. The fourth-order valence-corrected chi connectivity index (χ4v) is 3.38. The second-order valence-electron chi connectivity index (χ2n) is 6.05. The summed E-state index contributed by atoms with van der Waals surface area (Å²) in [6, 6.07) is 14.3. The lowest BCUT2D eigenvalue weighted by Crippen LogP contribution is -2.27. The quantitative estimate of drug-likeness (QED) is 0.763. The first-order valence-electron chi connectivity index (χ1n) is 8.35. The molecule has 1 atom stereocenters. The molecule has 5 nitrogen and oxygen atoms in total. The molecule has 3 aromatic rings. The van der Waals surface area contributed by atoms with Crippen LogP contribution in [-0.4, -0.2) is 27.9 Å². The van der Waals surface area contributed by atoms with Crippen molar-refractivity contribution in [1.82, 2.24) is 20.1 Å². The normalized spacial score (nSPS) is 16.6. The lowest BCUT2D eigenvalue weighted by Gasteiger charge is -2.26. The van der Waals surface area contributed by atoms with Crippen LogP contribution >= 0.6 is 11.6 Å². The molecule has 4 rings (SSSR count). The first-order chi connectivity index (χ1) is 12.3. The average Bonchev–Trinajstić information content (AvgIpc) is 3.17. The maximum atomic E-state index is 6.14. The molecule has 2 aromatic carbocycles. The molecule has 1 aliphatic heterocycles. The Morgan fingerprint density at radius 2 is 2.16 bits per heavy atom. The number of aromatic nitrogens is 3. The molecule has 0 aliphatic carbocycles. The fourth-order valence-electron chi connectivity index (χ4n) is 3.22. The van der Waals surface area contributed by atoms with E-state index in [9.17, 15) is 0 Å². The number of halogens is 1. The summed E-state index contributed by atoms with van der Waals surface area (Å²) >= 11 is 6.14. The second-order valence-corrected chi connectivity index (χ2v) is 6.49. The average molecular weight is 355 g/mol. The first-order valence-corrected chi connectivity index (χ1v) is 8.72. The predicted octanol–water partition coefficient (Wildman–Crippen LogP) is 3.32. The van der Waals surface area contributed by atoms with Crippen LogP contribution in [-0.2, 0) is 17.7 Å². The topological polar surface area (TPSA) is 52.0 Å². The summed E-state index contributed by atoms with van der Waals surface area (Å²) in [5, 5.41) is 8.39. The van der Waals surface area contributed by atoms with Crippen LogP contribution in [0.3, 0.4) is 0 Å². The molecule has 0 bridgehead atoms. The van der Waals surface area contributed by atoms with Crippen molar-refractivity contribution in [3.05, 3.63) is 76.8 Å². The lowest BCUT2D eigenvalue weighted by molar-refractivity contribution is 0.0423. The van der Waals surface area contributed by atoms with Crippen molar-refractivity contribution in [2.45, 2.75) is 19.1 Å². The maximum absolute atomic E-state index is 6.14. The molecule has 0 saturated carbocycles. The van der Waals surface area contributed by atoms with Gasteiger partial charge in [-0.15, -0.1) is 0 Å². The molecule has 1 aliphatic rings. The van der Waals surface area contributed by atoms with E-state index >= 15 is 0 Å². The molecular weight excluding hydrogens is 336 g/mol.